The van der Waals surface area contributed by atoms with Crippen molar-refractivity contribution < 1.29 is 23.8 Å². The van der Waals surface area contributed by atoms with Crippen LogP contribution in [0.15, 0.2) is 24.3 Å². The molecule has 1 aromatic carbocycles. The maximum atomic E-state index is 12.6. The number of methoxy groups -OCH3 is 1. The molecule has 0 N–H and O–H groups in total. The quantitative estimate of drug-likeness (QED) is 0.631. The average molecular weight is 318 g/mol. The van der Waals surface area contributed by atoms with E-state index < -0.39 is 17.4 Å². The van der Waals surface area contributed by atoms with E-state index in [0.717, 1.165) is 17.7 Å². The molecule has 1 aliphatic carbocycles. The third kappa shape index (κ3) is 2.58. The number of benzene rings is 1. The van der Waals surface area contributed by atoms with Gasteiger partial charge in [0.15, 0.2) is 5.41 Å². The van der Waals surface area contributed by atoms with Gasteiger partial charge in [-0.15, -0.1) is 0 Å². The van der Waals surface area contributed by atoms with Gasteiger partial charge in [0.05, 0.1) is 19.8 Å². The molecule has 0 amide bonds. The van der Waals surface area contributed by atoms with Gasteiger partial charge in [-0.05, 0) is 50.3 Å². The smallest absolute Gasteiger partial charge is 0.324 e. The summed E-state index contributed by atoms with van der Waals surface area (Å²) in [6, 6.07) is 7.80. The molecule has 3 rings (SSSR count). The molecule has 1 aliphatic heterocycles. The van der Waals surface area contributed by atoms with Crippen molar-refractivity contribution in [2.75, 3.05) is 13.7 Å². The van der Waals surface area contributed by atoms with Gasteiger partial charge in [0, 0.05) is 5.92 Å². The Morgan fingerprint density at radius 3 is 2.61 bits per heavy atom. The Morgan fingerprint density at radius 1 is 1.30 bits per heavy atom. The molecule has 0 spiro atoms. The molecule has 2 aliphatic rings. The first-order valence-electron chi connectivity index (χ1n) is 7.99. The molecule has 1 aromatic rings. The van der Waals surface area contributed by atoms with Crippen molar-refractivity contribution in [2.24, 2.45) is 11.3 Å². The van der Waals surface area contributed by atoms with Gasteiger partial charge in [0.2, 0.25) is 0 Å². The third-order valence-electron chi connectivity index (χ3n) is 4.91. The summed E-state index contributed by atoms with van der Waals surface area (Å²) in [6.07, 6.45) is 0.964. The van der Waals surface area contributed by atoms with Gasteiger partial charge in [0.1, 0.15) is 5.75 Å². The minimum absolute atomic E-state index is 0.103. The maximum absolute atomic E-state index is 12.6. The third-order valence-corrected chi connectivity index (χ3v) is 4.91. The zero-order valence-corrected chi connectivity index (χ0v) is 13.7. The van der Waals surface area contributed by atoms with E-state index in [1.807, 2.05) is 24.3 Å². The first-order valence-corrected chi connectivity index (χ1v) is 7.99. The monoisotopic (exact) mass is 318 g/mol. The summed E-state index contributed by atoms with van der Waals surface area (Å²) in [5.74, 6) is -0.0210. The zero-order chi connectivity index (χ0) is 16.6. The van der Waals surface area contributed by atoms with E-state index >= 15 is 0 Å². The van der Waals surface area contributed by atoms with Crippen LogP contribution in [0.25, 0.3) is 0 Å². The predicted octanol–water partition coefficient (Wildman–Crippen LogP) is 2.68. The molecule has 0 aromatic heterocycles. The highest BCUT2D eigenvalue weighted by atomic mass is 16.6. The summed E-state index contributed by atoms with van der Waals surface area (Å²) in [5, 5.41) is 0. The zero-order valence-electron chi connectivity index (χ0n) is 13.7. The van der Waals surface area contributed by atoms with Crippen LogP contribution in [0.2, 0.25) is 0 Å². The maximum Gasteiger partial charge on any atom is 0.324 e. The van der Waals surface area contributed by atoms with Crippen LogP contribution in [0.5, 0.6) is 5.75 Å². The van der Waals surface area contributed by atoms with E-state index in [1.54, 1.807) is 21.0 Å². The second-order valence-electron chi connectivity index (χ2n) is 6.63. The Hall–Kier alpha value is -2.04. The van der Waals surface area contributed by atoms with Crippen LogP contribution >= 0.6 is 0 Å². The molecule has 1 heterocycles. The lowest BCUT2D eigenvalue weighted by atomic mass is 9.79. The van der Waals surface area contributed by atoms with E-state index in [1.165, 1.54) is 0 Å². The molecule has 2 fully saturated rings. The van der Waals surface area contributed by atoms with Crippen molar-refractivity contribution in [1.82, 2.24) is 0 Å². The normalized spacial score (nSPS) is 29.3. The van der Waals surface area contributed by atoms with Gasteiger partial charge in [-0.1, -0.05) is 12.1 Å². The largest absolute Gasteiger partial charge is 0.497 e. The highest BCUT2D eigenvalue weighted by Gasteiger charge is 2.64. The van der Waals surface area contributed by atoms with E-state index in [-0.39, 0.29) is 17.9 Å². The lowest BCUT2D eigenvalue weighted by molar-refractivity contribution is -0.168. The molecule has 1 saturated carbocycles. The molecule has 124 valence electrons. The van der Waals surface area contributed by atoms with Crippen molar-refractivity contribution in [2.45, 2.75) is 38.7 Å². The number of fused-ring (bicyclic) bond motifs is 1. The number of esters is 2. The molecule has 23 heavy (non-hydrogen) atoms. The van der Waals surface area contributed by atoms with E-state index in [2.05, 4.69) is 0 Å². The first-order chi connectivity index (χ1) is 11.0. The van der Waals surface area contributed by atoms with Crippen molar-refractivity contribution in [1.29, 1.82) is 0 Å². The lowest BCUT2D eigenvalue weighted by Crippen LogP contribution is -2.40. The van der Waals surface area contributed by atoms with Crippen molar-refractivity contribution >= 4 is 11.9 Å². The molecule has 0 bridgehead atoms. The fourth-order valence-electron chi connectivity index (χ4n) is 3.73. The molecular formula is C18H22O5. The SMILES string of the molecule is COc1ccc(C2CC3COC(=O)C3(C(=O)OC(C)C)C2)cc1. The van der Waals surface area contributed by atoms with Gasteiger partial charge in [-0.25, -0.2) is 0 Å². The van der Waals surface area contributed by atoms with Gasteiger partial charge in [-0.3, -0.25) is 9.59 Å². The number of rotatable bonds is 4. The summed E-state index contributed by atoms with van der Waals surface area (Å²) < 4.78 is 15.7. The number of cyclic esters (lactones) is 1. The Bertz CT molecular complexity index is 606. The standard InChI is InChI=1S/C18H22O5/c1-11(2)23-17(20)18-9-13(8-14(18)10-22-16(18)19)12-4-6-15(21-3)7-5-12/h4-7,11,13-14H,8-10H2,1-3H3. The van der Waals surface area contributed by atoms with Crippen LogP contribution in [-0.2, 0) is 19.1 Å². The molecular weight excluding hydrogens is 296 g/mol. The number of hydrogen-bond acceptors (Lipinski definition) is 5. The first kappa shape index (κ1) is 15.8. The molecule has 0 radical (unpaired) electrons. The Morgan fingerprint density at radius 2 is 2.00 bits per heavy atom. The van der Waals surface area contributed by atoms with E-state index in [4.69, 9.17) is 14.2 Å². The number of carbonyl (C=O) groups is 2. The van der Waals surface area contributed by atoms with Crippen LogP contribution in [0, 0.1) is 11.3 Å². The van der Waals surface area contributed by atoms with E-state index in [0.29, 0.717) is 13.0 Å². The minimum Gasteiger partial charge on any atom is -0.497 e. The molecule has 3 unspecified atom stereocenters. The summed E-state index contributed by atoms with van der Waals surface area (Å²) in [6.45, 7) is 3.89. The summed E-state index contributed by atoms with van der Waals surface area (Å²) in [4.78, 5) is 24.9. The van der Waals surface area contributed by atoms with Crippen molar-refractivity contribution in [3.63, 3.8) is 0 Å². The summed E-state index contributed by atoms with van der Waals surface area (Å²) in [5.41, 5.74) is -0.0146. The van der Waals surface area contributed by atoms with E-state index in [9.17, 15) is 9.59 Å². The van der Waals surface area contributed by atoms with Crippen LogP contribution in [0.1, 0.15) is 38.2 Å². The van der Waals surface area contributed by atoms with Crippen LogP contribution in [0.3, 0.4) is 0 Å². The number of hydrogen-bond donors (Lipinski definition) is 0. The fourth-order valence-corrected chi connectivity index (χ4v) is 3.73. The van der Waals surface area contributed by atoms with Crippen LogP contribution in [-0.4, -0.2) is 31.8 Å². The van der Waals surface area contributed by atoms with Crippen LogP contribution in [0.4, 0.5) is 0 Å². The molecule has 5 heteroatoms. The minimum atomic E-state index is -1.13. The lowest BCUT2D eigenvalue weighted by Gasteiger charge is -2.23. The number of ether oxygens (including phenoxy) is 3. The highest BCUT2D eigenvalue weighted by molar-refractivity contribution is 6.02. The molecule has 5 nitrogen and oxygen atoms in total. The topological polar surface area (TPSA) is 61.8 Å². The summed E-state index contributed by atoms with van der Waals surface area (Å²) >= 11 is 0. The highest BCUT2D eigenvalue weighted by Crippen LogP contribution is 2.55. The van der Waals surface area contributed by atoms with Gasteiger partial charge in [-0.2, -0.15) is 0 Å². The number of carbonyl (C=O) groups excluding carboxylic acids is 2. The second kappa shape index (κ2) is 5.87. The van der Waals surface area contributed by atoms with Crippen LogP contribution < -0.4 is 4.74 Å². The Kier molecular flexibility index (Phi) is 4.04. The van der Waals surface area contributed by atoms with Crippen molar-refractivity contribution in [3.8, 4) is 5.75 Å². The fraction of sp³-hybridized carbons (Fsp3) is 0.556. The Balaban J connectivity index is 1.86. The van der Waals surface area contributed by atoms with Gasteiger partial charge >= 0.3 is 11.9 Å². The van der Waals surface area contributed by atoms with Crippen molar-refractivity contribution in [3.05, 3.63) is 29.8 Å². The summed E-state index contributed by atoms with van der Waals surface area (Å²) in [7, 11) is 1.63. The predicted molar refractivity (Wildman–Crippen MR) is 83.1 cm³/mol. The second-order valence-corrected chi connectivity index (χ2v) is 6.63. The molecule has 3 atom stereocenters. The molecule has 1 saturated heterocycles. The Labute approximate surface area is 135 Å². The van der Waals surface area contributed by atoms with Gasteiger partial charge < -0.3 is 14.2 Å². The average Bonchev–Trinajstić information content (AvgIpc) is 3.05. The van der Waals surface area contributed by atoms with Gasteiger partial charge in [0.25, 0.3) is 0 Å².